The van der Waals surface area contributed by atoms with Crippen LogP contribution in [-0.4, -0.2) is 4.57 Å². The number of fused-ring (bicyclic) bond motifs is 10. The quantitative estimate of drug-likeness (QED) is 0.166. The molecule has 0 spiro atoms. The smallest absolute Gasteiger partial charge is 0.178 e. The lowest BCUT2D eigenvalue weighted by molar-refractivity contribution is 0.633. The van der Waals surface area contributed by atoms with Crippen molar-refractivity contribution in [3.8, 4) is 16.8 Å². The van der Waals surface area contributed by atoms with E-state index in [1.165, 1.54) is 27.4 Å². The summed E-state index contributed by atoms with van der Waals surface area (Å²) in [4.78, 5) is 0. The van der Waals surface area contributed by atoms with Gasteiger partial charge in [-0.25, -0.2) is 0 Å². The largest absolute Gasteiger partial charge is 0.452 e. The molecule has 4 heteroatoms. The Morgan fingerprint density at radius 3 is 1.88 bits per heavy atom. The fraction of sp³-hybridized carbons (Fsp3) is 0.0566. The molecule has 0 amide bonds. The summed E-state index contributed by atoms with van der Waals surface area (Å²) in [6.07, 6.45) is 10.7. The molecule has 0 aliphatic rings. The summed E-state index contributed by atoms with van der Waals surface area (Å²) in [6.45, 7) is 7.92. The van der Waals surface area contributed by atoms with Gasteiger partial charge in [-0.05, 0) is 115 Å². The molecule has 57 heavy (non-hydrogen) atoms. The van der Waals surface area contributed by atoms with Gasteiger partial charge in [0.15, 0.2) is 11.2 Å². The SMILES string of the molecule is C=C/C=C(\C=C/C)C/C=C(\N)c1ccc2oc3c(ccc4c5cc(-c6ccc7c(c6)c6ccccc6n7-c6ccccc6)ccc5oc43)c2c1.Cc1ccccc1. The zero-order valence-electron chi connectivity index (χ0n) is 32.1. The van der Waals surface area contributed by atoms with Crippen molar-refractivity contribution in [2.45, 2.75) is 20.3 Å². The number of hydrogen-bond acceptors (Lipinski definition) is 3. The molecule has 0 aliphatic heterocycles. The lowest BCUT2D eigenvalue weighted by atomic mass is 10.00. The van der Waals surface area contributed by atoms with Gasteiger partial charge in [-0.2, -0.15) is 0 Å². The highest BCUT2D eigenvalue weighted by molar-refractivity contribution is 6.19. The van der Waals surface area contributed by atoms with Crippen LogP contribution in [-0.2, 0) is 0 Å². The Labute approximate surface area is 331 Å². The topological polar surface area (TPSA) is 57.2 Å². The number of aromatic nitrogens is 1. The minimum atomic E-state index is 0.721. The number of allylic oxidation sites excluding steroid dienone is 6. The van der Waals surface area contributed by atoms with Crippen molar-refractivity contribution in [3.05, 3.63) is 205 Å². The van der Waals surface area contributed by atoms with Gasteiger partial charge in [-0.15, -0.1) is 0 Å². The van der Waals surface area contributed by atoms with Gasteiger partial charge in [-0.3, -0.25) is 0 Å². The molecule has 0 saturated heterocycles. The highest BCUT2D eigenvalue weighted by Crippen LogP contribution is 2.41. The third kappa shape index (κ3) is 6.62. The van der Waals surface area contributed by atoms with Gasteiger partial charge in [0.1, 0.15) is 11.2 Å². The number of furan rings is 2. The van der Waals surface area contributed by atoms with E-state index in [9.17, 15) is 0 Å². The van der Waals surface area contributed by atoms with Crippen LogP contribution in [0.3, 0.4) is 0 Å². The first kappa shape index (κ1) is 35.4. The molecule has 0 radical (unpaired) electrons. The maximum Gasteiger partial charge on any atom is 0.178 e. The number of aryl methyl sites for hydroxylation is 1. The van der Waals surface area contributed by atoms with Crippen molar-refractivity contribution >= 4 is 71.4 Å². The molecule has 0 fully saturated rings. The highest BCUT2D eigenvalue weighted by Gasteiger charge is 2.18. The number of nitrogens with zero attached hydrogens (tertiary/aromatic N) is 1. The third-order valence-electron chi connectivity index (χ3n) is 10.6. The van der Waals surface area contributed by atoms with Gasteiger partial charge >= 0.3 is 0 Å². The van der Waals surface area contributed by atoms with Gasteiger partial charge < -0.3 is 19.1 Å². The van der Waals surface area contributed by atoms with E-state index in [-0.39, 0.29) is 0 Å². The fourth-order valence-electron chi connectivity index (χ4n) is 7.87. The second kappa shape index (κ2) is 15.1. The first-order chi connectivity index (χ1) is 28.0. The van der Waals surface area contributed by atoms with Crippen LogP contribution in [0.25, 0.3) is 88.2 Å². The van der Waals surface area contributed by atoms with Crippen LogP contribution in [0.15, 0.2) is 203 Å². The number of para-hydroxylation sites is 2. The molecule has 3 aromatic heterocycles. The molecule has 0 bridgehead atoms. The van der Waals surface area contributed by atoms with E-state index in [4.69, 9.17) is 14.6 Å². The molecule has 0 atom stereocenters. The lowest BCUT2D eigenvalue weighted by Crippen LogP contribution is -1.96. The molecule has 276 valence electrons. The van der Waals surface area contributed by atoms with E-state index in [0.29, 0.717) is 0 Å². The number of nitrogens with two attached hydrogens (primary N) is 1. The molecule has 7 aromatic carbocycles. The van der Waals surface area contributed by atoms with Crippen molar-refractivity contribution in [1.82, 2.24) is 4.57 Å². The van der Waals surface area contributed by atoms with Gasteiger partial charge in [0, 0.05) is 43.7 Å². The van der Waals surface area contributed by atoms with Crippen LogP contribution in [0.4, 0.5) is 0 Å². The van der Waals surface area contributed by atoms with Crippen molar-refractivity contribution < 1.29 is 8.83 Å². The molecule has 2 N–H and O–H groups in total. The Balaban J connectivity index is 0.000000548. The van der Waals surface area contributed by atoms with Gasteiger partial charge in [0.2, 0.25) is 0 Å². The Bertz CT molecular complexity index is 3190. The second-order valence-corrected chi connectivity index (χ2v) is 14.4. The fourth-order valence-corrected chi connectivity index (χ4v) is 7.87. The van der Waals surface area contributed by atoms with E-state index >= 15 is 0 Å². The number of rotatable bonds is 7. The summed E-state index contributed by atoms with van der Waals surface area (Å²) < 4.78 is 15.3. The molecule has 4 nitrogen and oxygen atoms in total. The normalized spacial score (nSPS) is 12.4. The van der Waals surface area contributed by atoms with E-state index in [1.807, 2.05) is 55.5 Å². The maximum absolute atomic E-state index is 6.56. The van der Waals surface area contributed by atoms with Crippen LogP contribution in [0, 0.1) is 6.92 Å². The molecule has 10 rings (SSSR count). The minimum absolute atomic E-state index is 0.721. The number of benzene rings is 7. The average Bonchev–Trinajstić information content (AvgIpc) is 3.92. The van der Waals surface area contributed by atoms with E-state index in [0.717, 1.165) is 83.9 Å². The minimum Gasteiger partial charge on any atom is -0.452 e. The molecule has 0 saturated carbocycles. The molecule has 0 aliphatic carbocycles. The Morgan fingerprint density at radius 2 is 1.21 bits per heavy atom. The summed E-state index contributed by atoms with van der Waals surface area (Å²) in [5.74, 6) is 0. The lowest BCUT2D eigenvalue weighted by Gasteiger charge is -2.08. The monoisotopic (exact) mass is 738 g/mol. The Morgan fingerprint density at radius 1 is 0.614 bits per heavy atom. The standard InChI is InChI=1S/C46H34N2O2.C7H8/c1-3-10-29(11-4-2)16-22-40(47)32-19-25-44-39(28-32)36-21-20-35-38-27-31(18-24-43(38)49-45(35)46(36)50-44)30-17-23-42-37(26-30)34-14-8-9-15-41(34)48(42)33-12-6-5-7-13-33;1-7-5-3-2-4-6-7/h3-15,17-28H,1,16,47H2,2H3;2-6H,1H3/b11-4-,29-10+,40-22-;. The van der Waals surface area contributed by atoms with Crippen LogP contribution >= 0.6 is 0 Å². The van der Waals surface area contributed by atoms with E-state index < -0.39 is 0 Å². The van der Waals surface area contributed by atoms with E-state index in [2.05, 4.69) is 145 Å². The number of hydrogen-bond donors (Lipinski definition) is 1. The molecule has 10 aromatic rings. The van der Waals surface area contributed by atoms with Crippen LogP contribution in [0.5, 0.6) is 0 Å². The molecular formula is C53H42N2O2. The Kier molecular flexibility index (Phi) is 9.37. The molecule has 3 heterocycles. The van der Waals surface area contributed by atoms with Crippen molar-refractivity contribution in [2.75, 3.05) is 0 Å². The highest BCUT2D eigenvalue weighted by atomic mass is 16.4. The predicted octanol–water partition coefficient (Wildman–Crippen LogP) is 14.6. The zero-order valence-corrected chi connectivity index (χ0v) is 32.1. The van der Waals surface area contributed by atoms with Crippen LogP contribution in [0.2, 0.25) is 0 Å². The van der Waals surface area contributed by atoms with Crippen LogP contribution < -0.4 is 5.73 Å². The summed E-state index contributed by atoms with van der Waals surface area (Å²) in [5.41, 5.74) is 19.7. The second-order valence-electron chi connectivity index (χ2n) is 14.4. The van der Waals surface area contributed by atoms with Gasteiger partial charge in [0.05, 0.1) is 11.0 Å². The van der Waals surface area contributed by atoms with Crippen molar-refractivity contribution in [3.63, 3.8) is 0 Å². The average molecular weight is 739 g/mol. The Hall–Kier alpha value is -7.30. The van der Waals surface area contributed by atoms with Gasteiger partial charge in [-0.1, -0.05) is 121 Å². The van der Waals surface area contributed by atoms with E-state index in [1.54, 1.807) is 6.08 Å². The van der Waals surface area contributed by atoms with Crippen LogP contribution in [0.1, 0.15) is 24.5 Å². The molecular weight excluding hydrogens is 697 g/mol. The van der Waals surface area contributed by atoms with Gasteiger partial charge in [0.25, 0.3) is 0 Å². The summed E-state index contributed by atoms with van der Waals surface area (Å²) in [7, 11) is 0. The summed E-state index contributed by atoms with van der Waals surface area (Å²) in [6, 6.07) is 53.1. The first-order valence-electron chi connectivity index (χ1n) is 19.3. The first-order valence-corrected chi connectivity index (χ1v) is 19.3. The van der Waals surface area contributed by atoms with Crippen molar-refractivity contribution in [2.24, 2.45) is 5.73 Å². The summed E-state index contributed by atoms with van der Waals surface area (Å²) in [5, 5.41) is 6.56. The maximum atomic E-state index is 6.56. The summed E-state index contributed by atoms with van der Waals surface area (Å²) >= 11 is 0. The zero-order chi connectivity index (χ0) is 38.9. The van der Waals surface area contributed by atoms with Crippen molar-refractivity contribution in [1.29, 1.82) is 0 Å². The third-order valence-corrected chi connectivity index (χ3v) is 10.6. The molecule has 0 unspecified atom stereocenters. The predicted molar refractivity (Wildman–Crippen MR) is 242 cm³/mol.